The van der Waals surface area contributed by atoms with Crippen LogP contribution in [0, 0.1) is 11.6 Å². The Labute approximate surface area is 112 Å². The standard InChI is InChI=1S/C14H21F2NO2/c1-2-5-17-10-11-8-12(15)14(13(16)9-11)19-7-4-3-6-18/h8-9,17-18H,2-7,10H2,1H3. The molecule has 0 amide bonds. The molecule has 0 bridgehead atoms. The number of unbranched alkanes of at least 4 members (excludes halogenated alkanes) is 1. The molecule has 0 aliphatic rings. The fraction of sp³-hybridized carbons (Fsp3) is 0.571. The molecule has 0 aliphatic heterocycles. The van der Waals surface area contributed by atoms with Crippen LogP contribution in [0.2, 0.25) is 0 Å². The van der Waals surface area contributed by atoms with Gasteiger partial charge in [0.05, 0.1) is 6.61 Å². The molecule has 0 aliphatic carbocycles. The van der Waals surface area contributed by atoms with Crippen LogP contribution in [0.25, 0.3) is 0 Å². The molecule has 0 fully saturated rings. The van der Waals surface area contributed by atoms with Crippen molar-refractivity contribution in [2.75, 3.05) is 19.8 Å². The number of halogens is 2. The van der Waals surface area contributed by atoms with Crippen LogP contribution in [0.1, 0.15) is 31.7 Å². The van der Waals surface area contributed by atoms with E-state index in [9.17, 15) is 8.78 Å². The van der Waals surface area contributed by atoms with Crippen molar-refractivity contribution in [3.63, 3.8) is 0 Å². The molecule has 3 nitrogen and oxygen atoms in total. The topological polar surface area (TPSA) is 41.5 Å². The average Bonchev–Trinajstić information content (AvgIpc) is 2.37. The van der Waals surface area contributed by atoms with Gasteiger partial charge >= 0.3 is 0 Å². The third kappa shape index (κ3) is 5.53. The minimum atomic E-state index is -0.683. The van der Waals surface area contributed by atoms with Crippen molar-refractivity contribution in [1.82, 2.24) is 5.32 Å². The second-order valence-electron chi connectivity index (χ2n) is 4.34. The highest BCUT2D eigenvalue weighted by molar-refractivity contribution is 5.31. The molecule has 0 radical (unpaired) electrons. The van der Waals surface area contributed by atoms with Gasteiger partial charge < -0.3 is 15.2 Å². The normalized spacial score (nSPS) is 10.7. The van der Waals surface area contributed by atoms with Crippen LogP contribution in [0.5, 0.6) is 5.75 Å². The molecular weight excluding hydrogens is 252 g/mol. The van der Waals surface area contributed by atoms with Crippen LogP contribution >= 0.6 is 0 Å². The lowest BCUT2D eigenvalue weighted by Crippen LogP contribution is -2.14. The van der Waals surface area contributed by atoms with Gasteiger partial charge in [0.1, 0.15) is 0 Å². The number of benzene rings is 1. The fourth-order valence-corrected chi connectivity index (χ4v) is 1.65. The Morgan fingerprint density at radius 1 is 1.21 bits per heavy atom. The highest BCUT2D eigenvalue weighted by Crippen LogP contribution is 2.23. The Balaban J connectivity index is 2.58. The minimum Gasteiger partial charge on any atom is -0.488 e. The first kappa shape index (κ1) is 15.9. The Morgan fingerprint density at radius 3 is 2.47 bits per heavy atom. The van der Waals surface area contributed by atoms with E-state index in [-0.39, 0.29) is 19.0 Å². The van der Waals surface area contributed by atoms with E-state index in [1.165, 1.54) is 12.1 Å². The number of rotatable bonds is 9. The summed E-state index contributed by atoms with van der Waals surface area (Å²) >= 11 is 0. The van der Waals surface area contributed by atoms with Crippen LogP contribution in [0.4, 0.5) is 8.78 Å². The van der Waals surface area contributed by atoms with Gasteiger partial charge in [-0.1, -0.05) is 6.92 Å². The SMILES string of the molecule is CCCNCc1cc(F)c(OCCCCO)c(F)c1. The lowest BCUT2D eigenvalue weighted by molar-refractivity contribution is 0.242. The Kier molecular flexibility index (Phi) is 7.36. The molecule has 0 heterocycles. The molecular formula is C14H21F2NO2. The van der Waals surface area contributed by atoms with Gasteiger partial charge in [-0.2, -0.15) is 0 Å². The van der Waals surface area contributed by atoms with Gasteiger partial charge in [0.2, 0.25) is 0 Å². The summed E-state index contributed by atoms with van der Waals surface area (Å²) in [5, 5.41) is 11.7. The minimum absolute atomic E-state index is 0.0519. The molecule has 5 heteroatoms. The molecule has 0 aromatic heterocycles. The smallest absolute Gasteiger partial charge is 0.190 e. The first-order valence-corrected chi connectivity index (χ1v) is 6.61. The molecule has 108 valence electrons. The summed E-state index contributed by atoms with van der Waals surface area (Å²) in [6, 6.07) is 2.57. The maximum atomic E-state index is 13.7. The predicted octanol–water partition coefficient (Wildman–Crippen LogP) is 2.62. The van der Waals surface area contributed by atoms with Crippen LogP contribution in [0.15, 0.2) is 12.1 Å². The summed E-state index contributed by atoms with van der Waals surface area (Å²) in [5.41, 5.74) is 0.561. The first-order chi connectivity index (χ1) is 9.19. The second-order valence-corrected chi connectivity index (χ2v) is 4.34. The second kappa shape index (κ2) is 8.82. The van der Waals surface area contributed by atoms with Crippen molar-refractivity contribution < 1.29 is 18.6 Å². The lowest BCUT2D eigenvalue weighted by Gasteiger charge is -2.10. The van der Waals surface area contributed by atoms with Gasteiger partial charge in [-0.25, -0.2) is 8.78 Å². The maximum Gasteiger partial charge on any atom is 0.190 e. The molecule has 1 aromatic rings. The van der Waals surface area contributed by atoms with Crippen molar-refractivity contribution in [2.45, 2.75) is 32.7 Å². The molecule has 19 heavy (non-hydrogen) atoms. The summed E-state index contributed by atoms with van der Waals surface area (Å²) in [7, 11) is 0. The molecule has 1 aromatic carbocycles. The fourth-order valence-electron chi connectivity index (χ4n) is 1.65. The van der Waals surface area contributed by atoms with Gasteiger partial charge in [0.15, 0.2) is 17.4 Å². The Morgan fingerprint density at radius 2 is 1.89 bits per heavy atom. The number of hydrogen-bond donors (Lipinski definition) is 2. The van der Waals surface area contributed by atoms with Crippen LogP contribution in [-0.2, 0) is 6.54 Å². The summed E-state index contributed by atoms with van der Waals surface area (Å²) in [5.74, 6) is -1.70. The zero-order valence-electron chi connectivity index (χ0n) is 11.2. The summed E-state index contributed by atoms with van der Waals surface area (Å²) in [4.78, 5) is 0. The summed E-state index contributed by atoms with van der Waals surface area (Å²) in [6.07, 6.45) is 2.09. The molecule has 1 rings (SSSR count). The molecule has 0 saturated carbocycles. The van der Waals surface area contributed by atoms with Crippen LogP contribution in [0.3, 0.4) is 0 Å². The van der Waals surface area contributed by atoms with E-state index in [2.05, 4.69) is 5.32 Å². The van der Waals surface area contributed by atoms with Crippen LogP contribution in [-0.4, -0.2) is 24.9 Å². The van der Waals surface area contributed by atoms with E-state index in [0.29, 0.717) is 24.9 Å². The van der Waals surface area contributed by atoms with Crippen molar-refractivity contribution in [1.29, 1.82) is 0 Å². The molecule has 0 atom stereocenters. The molecule has 0 spiro atoms. The van der Waals surface area contributed by atoms with Crippen molar-refractivity contribution >= 4 is 0 Å². The zero-order chi connectivity index (χ0) is 14.1. The maximum absolute atomic E-state index is 13.7. The molecule has 0 unspecified atom stereocenters. The quantitative estimate of drug-likeness (QED) is 0.680. The van der Waals surface area contributed by atoms with E-state index >= 15 is 0 Å². The van der Waals surface area contributed by atoms with Crippen LogP contribution < -0.4 is 10.1 Å². The van der Waals surface area contributed by atoms with Gasteiger partial charge in [-0.15, -0.1) is 0 Å². The van der Waals surface area contributed by atoms with Crippen molar-refractivity contribution in [2.24, 2.45) is 0 Å². The number of hydrogen-bond acceptors (Lipinski definition) is 3. The van der Waals surface area contributed by atoms with E-state index < -0.39 is 11.6 Å². The van der Waals surface area contributed by atoms with Crippen molar-refractivity contribution in [3.8, 4) is 5.75 Å². The average molecular weight is 273 g/mol. The van der Waals surface area contributed by atoms with Gasteiger partial charge in [0.25, 0.3) is 0 Å². The zero-order valence-corrected chi connectivity index (χ0v) is 11.2. The Bertz CT molecular complexity index is 363. The molecule has 0 saturated heterocycles. The Hall–Kier alpha value is -1.20. The number of nitrogens with one attached hydrogen (secondary N) is 1. The monoisotopic (exact) mass is 273 g/mol. The van der Waals surface area contributed by atoms with E-state index in [1.807, 2.05) is 6.92 Å². The number of ether oxygens (including phenoxy) is 1. The van der Waals surface area contributed by atoms with E-state index in [1.54, 1.807) is 0 Å². The number of aliphatic hydroxyl groups excluding tert-OH is 1. The van der Waals surface area contributed by atoms with Gasteiger partial charge in [0, 0.05) is 13.2 Å². The lowest BCUT2D eigenvalue weighted by atomic mass is 10.2. The van der Waals surface area contributed by atoms with Gasteiger partial charge in [-0.3, -0.25) is 0 Å². The predicted molar refractivity (Wildman–Crippen MR) is 70.2 cm³/mol. The third-order valence-electron chi connectivity index (χ3n) is 2.61. The van der Waals surface area contributed by atoms with Crippen molar-refractivity contribution in [3.05, 3.63) is 29.3 Å². The summed E-state index contributed by atoms with van der Waals surface area (Å²) in [6.45, 7) is 3.52. The van der Waals surface area contributed by atoms with E-state index in [4.69, 9.17) is 9.84 Å². The largest absolute Gasteiger partial charge is 0.488 e. The molecule has 2 N–H and O–H groups in total. The number of aliphatic hydroxyl groups is 1. The van der Waals surface area contributed by atoms with Gasteiger partial charge in [-0.05, 0) is 43.5 Å². The first-order valence-electron chi connectivity index (χ1n) is 6.61. The highest BCUT2D eigenvalue weighted by atomic mass is 19.1. The highest BCUT2D eigenvalue weighted by Gasteiger charge is 2.12. The van der Waals surface area contributed by atoms with E-state index in [0.717, 1.165) is 13.0 Å². The third-order valence-corrected chi connectivity index (χ3v) is 2.61. The summed E-state index contributed by atoms with van der Waals surface area (Å²) < 4.78 is 32.4.